The molecule has 1 aromatic carbocycles. The minimum Gasteiger partial charge on any atom is -0.497 e. The molecule has 1 N–H and O–H groups in total. The Bertz CT molecular complexity index is 560. The van der Waals surface area contributed by atoms with Crippen LogP contribution in [0.4, 0.5) is 0 Å². The average molecular weight is 356 g/mol. The van der Waals surface area contributed by atoms with Gasteiger partial charge in [-0.2, -0.15) is 0 Å². The first-order valence-electron chi connectivity index (χ1n) is 7.93. The van der Waals surface area contributed by atoms with E-state index in [0.717, 1.165) is 0 Å². The van der Waals surface area contributed by atoms with Crippen molar-refractivity contribution in [3.05, 3.63) is 29.8 Å². The van der Waals surface area contributed by atoms with E-state index in [-0.39, 0.29) is 30.1 Å². The Kier molecular flexibility index (Phi) is 8.01. The number of hydrogen-bond donors (Lipinski definition) is 1. The highest BCUT2D eigenvalue weighted by molar-refractivity contribution is 5.94. The predicted octanol–water partition coefficient (Wildman–Crippen LogP) is 1.26. The molecule has 1 unspecified atom stereocenters. The lowest BCUT2D eigenvalue weighted by atomic mass is 10.1. The van der Waals surface area contributed by atoms with Crippen LogP contribution in [0.5, 0.6) is 5.75 Å². The molecule has 0 radical (unpaired) electrons. The zero-order valence-electron chi connectivity index (χ0n) is 14.4. The van der Waals surface area contributed by atoms with E-state index in [1.165, 1.54) is 0 Å². The molecule has 7 heteroatoms. The molecule has 1 atom stereocenters. The maximum Gasteiger partial charge on any atom is 0.254 e. The monoisotopic (exact) mass is 355 g/mol. The summed E-state index contributed by atoms with van der Waals surface area (Å²) in [4.78, 5) is 28.5. The maximum absolute atomic E-state index is 12.5. The van der Waals surface area contributed by atoms with Crippen LogP contribution in [0.25, 0.3) is 0 Å². The largest absolute Gasteiger partial charge is 0.497 e. The van der Waals surface area contributed by atoms with E-state index >= 15 is 0 Å². The SMILES string of the molecule is CNCC(C)C(=O)N1CCN(C(=O)c2cccc(OC)c2)CC1.Cl. The van der Waals surface area contributed by atoms with Gasteiger partial charge >= 0.3 is 0 Å². The van der Waals surface area contributed by atoms with Crippen molar-refractivity contribution in [2.45, 2.75) is 6.92 Å². The summed E-state index contributed by atoms with van der Waals surface area (Å²) in [6.45, 7) is 4.89. The van der Waals surface area contributed by atoms with Crippen LogP contribution in [0.2, 0.25) is 0 Å². The fourth-order valence-electron chi connectivity index (χ4n) is 2.77. The molecule has 2 amide bonds. The summed E-state index contributed by atoms with van der Waals surface area (Å²) in [7, 11) is 3.43. The standard InChI is InChI=1S/C17H25N3O3.ClH/c1-13(12-18-2)16(21)19-7-9-20(10-8-19)17(22)14-5-4-6-15(11-14)23-3;/h4-6,11,13,18H,7-10,12H2,1-3H3;1H. The second-order valence-corrected chi connectivity index (χ2v) is 5.81. The average Bonchev–Trinajstić information content (AvgIpc) is 2.60. The lowest BCUT2D eigenvalue weighted by Gasteiger charge is -2.36. The van der Waals surface area contributed by atoms with Crippen LogP contribution in [-0.4, -0.2) is 68.5 Å². The highest BCUT2D eigenvalue weighted by Crippen LogP contribution is 2.16. The Morgan fingerprint density at radius 3 is 2.42 bits per heavy atom. The minimum atomic E-state index is -0.0411. The number of halogens is 1. The fourth-order valence-corrected chi connectivity index (χ4v) is 2.77. The molecule has 1 aromatic rings. The van der Waals surface area contributed by atoms with Gasteiger partial charge in [-0.25, -0.2) is 0 Å². The number of hydrogen-bond acceptors (Lipinski definition) is 4. The van der Waals surface area contributed by atoms with Crippen LogP contribution < -0.4 is 10.1 Å². The first-order valence-corrected chi connectivity index (χ1v) is 7.93. The Morgan fingerprint density at radius 1 is 1.21 bits per heavy atom. The molecule has 1 aliphatic heterocycles. The van der Waals surface area contributed by atoms with Gasteiger partial charge in [0.05, 0.1) is 7.11 Å². The van der Waals surface area contributed by atoms with Crippen LogP contribution in [0.3, 0.4) is 0 Å². The van der Waals surface area contributed by atoms with E-state index in [0.29, 0.717) is 44.0 Å². The molecule has 24 heavy (non-hydrogen) atoms. The number of piperazine rings is 1. The van der Waals surface area contributed by atoms with Crippen LogP contribution in [0, 0.1) is 5.92 Å². The Labute approximate surface area is 149 Å². The fraction of sp³-hybridized carbons (Fsp3) is 0.529. The number of amides is 2. The quantitative estimate of drug-likeness (QED) is 0.863. The van der Waals surface area contributed by atoms with Crippen molar-refractivity contribution in [3.63, 3.8) is 0 Å². The third-order valence-electron chi connectivity index (χ3n) is 4.13. The number of rotatable bonds is 5. The van der Waals surface area contributed by atoms with Gasteiger partial charge in [0.2, 0.25) is 5.91 Å². The normalized spacial score (nSPS) is 15.5. The summed E-state index contributed by atoms with van der Waals surface area (Å²) < 4.78 is 5.16. The van der Waals surface area contributed by atoms with Crippen LogP contribution in [0.15, 0.2) is 24.3 Å². The smallest absolute Gasteiger partial charge is 0.254 e. The first-order chi connectivity index (χ1) is 11.1. The molecule has 0 saturated carbocycles. The molecule has 6 nitrogen and oxygen atoms in total. The van der Waals surface area contributed by atoms with Crippen molar-refractivity contribution in [1.29, 1.82) is 0 Å². The summed E-state index contributed by atoms with van der Waals surface area (Å²) in [5.74, 6) is 0.762. The van der Waals surface area contributed by atoms with Gasteiger partial charge in [-0.1, -0.05) is 13.0 Å². The van der Waals surface area contributed by atoms with Crippen LogP contribution in [-0.2, 0) is 4.79 Å². The first kappa shape index (κ1) is 20.3. The number of ether oxygens (including phenoxy) is 1. The van der Waals surface area contributed by atoms with Crippen molar-refractivity contribution >= 4 is 24.2 Å². The predicted molar refractivity (Wildman–Crippen MR) is 95.8 cm³/mol. The summed E-state index contributed by atoms with van der Waals surface area (Å²) in [5, 5.41) is 3.02. The number of carbonyl (C=O) groups excluding carboxylic acids is 2. The summed E-state index contributed by atoms with van der Waals surface area (Å²) in [5.41, 5.74) is 0.618. The number of benzene rings is 1. The lowest BCUT2D eigenvalue weighted by molar-refractivity contribution is -0.136. The number of carbonyl (C=O) groups is 2. The molecule has 0 spiro atoms. The van der Waals surface area contributed by atoms with Crippen molar-refractivity contribution in [2.24, 2.45) is 5.92 Å². The molecule has 1 aliphatic rings. The number of nitrogens with one attached hydrogen (secondary N) is 1. The molecule has 1 heterocycles. The van der Waals surface area contributed by atoms with Crippen LogP contribution >= 0.6 is 12.4 Å². The zero-order chi connectivity index (χ0) is 16.8. The van der Waals surface area contributed by atoms with Gasteiger partial charge in [0.15, 0.2) is 0 Å². The molecule has 1 fully saturated rings. The van der Waals surface area contributed by atoms with E-state index in [1.807, 2.05) is 31.0 Å². The topological polar surface area (TPSA) is 61.9 Å². The summed E-state index contributed by atoms with van der Waals surface area (Å²) in [6.07, 6.45) is 0. The van der Waals surface area contributed by atoms with E-state index in [4.69, 9.17) is 4.74 Å². The molecule has 0 aliphatic carbocycles. The Morgan fingerprint density at radius 2 is 1.83 bits per heavy atom. The van der Waals surface area contributed by atoms with Crippen molar-refractivity contribution < 1.29 is 14.3 Å². The van der Waals surface area contributed by atoms with E-state index in [2.05, 4.69) is 5.32 Å². The van der Waals surface area contributed by atoms with Gasteiger partial charge in [0.1, 0.15) is 5.75 Å². The van der Waals surface area contributed by atoms with Gasteiger partial charge in [0.25, 0.3) is 5.91 Å². The molecule has 0 bridgehead atoms. The molecule has 1 saturated heterocycles. The summed E-state index contributed by atoms with van der Waals surface area (Å²) in [6, 6.07) is 7.16. The molecule has 2 rings (SSSR count). The van der Waals surface area contributed by atoms with Gasteiger partial charge in [-0.15, -0.1) is 12.4 Å². The minimum absolute atomic E-state index is 0. The molecule has 0 aromatic heterocycles. The van der Waals surface area contributed by atoms with Crippen molar-refractivity contribution in [3.8, 4) is 5.75 Å². The second kappa shape index (κ2) is 9.49. The number of methoxy groups -OCH3 is 1. The van der Waals surface area contributed by atoms with E-state index in [9.17, 15) is 9.59 Å². The van der Waals surface area contributed by atoms with Gasteiger partial charge < -0.3 is 19.9 Å². The number of nitrogens with zero attached hydrogens (tertiary/aromatic N) is 2. The summed E-state index contributed by atoms with van der Waals surface area (Å²) >= 11 is 0. The van der Waals surface area contributed by atoms with E-state index < -0.39 is 0 Å². The van der Waals surface area contributed by atoms with Gasteiger partial charge in [-0.05, 0) is 25.2 Å². The van der Waals surface area contributed by atoms with Crippen LogP contribution in [0.1, 0.15) is 17.3 Å². The van der Waals surface area contributed by atoms with Crippen molar-refractivity contribution in [2.75, 3.05) is 46.9 Å². The molecular formula is C17H26ClN3O3. The molecule has 134 valence electrons. The highest BCUT2D eigenvalue weighted by Gasteiger charge is 2.27. The second-order valence-electron chi connectivity index (χ2n) is 5.81. The Balaban J connectivity index is 0.00000288. The maximum atomic E-state index is 12.5. The lowest BCUT2D eigenvalue weighted by Crippen LogP contribution is -2.52. The zero-order valence-corrected chi connectivity index (χ0v) is 15.3. The van der Waals surface area contributed by atoms with Gasteiger partial charge in [0, 0.05) is 44.2 Å². The van der Waals surface area contributed by atoms with Gasteiger partial charge in [-0.3, -0.25) is 9.59 Å². The van der Waals surface area contributed by atoms with E-state index in [1.54, 1.807) is 24.1 Å². The Hall–Kier alpha value is -1.79. The third kappa shape index (κ3) is 4.85. The highest BCUT2D eigenvalue weighted by atomic mass is 35.5. The molecular weight excluding hydrogens is 330 g/mol. The van der Waals surface area contributed by atoms with Crippen molar-refractivity contribution in [1.82, 2.24) is 15.1 Å². The third-order valence-corrected chi connectivity index (χ3v) is 4.13.